The first-order valence-corrected chi connectivity index (χ1v) is 7.41. The molecule has 0 aromatic heterocycles. The fraction of sp³-hybridized carbons (Fsp3) is 0.625. The summed E-state index contributed by atoms with van der Waals surface area (Å²) in [6.45, 7) is 6.17. The molecule has 2 aliphatic heterocycles. The van der Waals surface area contributed by atoms with Crippen molar-refractivity contribution in [2.75, 3.05) is 26.2 Å². The molecule has 1 aromatic carbocycles. The molecule has 1 aromatic rings. The molecule has 0 atom stereocenters. The molecule has 1 fully saturated rings. The lowest BCUT2D eigenvalue weighted by atomic mass is 9.93. The predicted octanol–water partition coefficient (Wildman–Crippen LogP) is 2.43. The van der Waals surface area contributed by atoms with E-state index in [4.69, 9.17) is 0 Å². The van der Waals surface area contributed by atoms with Gasteiger partial charge in [0, 0.05) is 13.1 Å². The van der Waals surface area contributed by atoms with Gasteiger partial charge in [0.15, 0.2) is 0 Å². The molecule has 0 spiro atoms. The van der Waals surface area contributed by atoms with E-state index in [1.165, 1.54) is 58.4 Å². The van der Waals surface area contributed by atoms with Crippen LogP contribution in [0.15, 0.2) is 24.3 Å². The summed E-state index contributed by atoms with van der Waals surface area (Å²) in [5, 5.41) is 3.45. The van der Waals surface area contributed by atoms with Crippen LogP contribution in [0.25, 0.3) is 0 Å². The zero-order valence-electron chi connectivity index (χ0n) is 11.2. The molecule has 18 heavy (non-hydrogen) atoms. The third-order valence-corrected chi connectivity index (χ3v) is 4.52. The van der Waals surface area contributed by atoms with Gasteiger partial charge in [-0.1, -0.05) is 24.3 Å². The van der Waals surface area contributed by atoms with Crippen LogP contribution in [-0.2, 0) is 13.0 Å². The summed E-state index contributed by atoms with van der Waals surface area (Å²) in [4.78, 5) is 2.64. The van der Waals surface area contributed by atoms with Crippen molar-refractivity contribution in [3.63, 3.8) is 0 Å². The second-order valence-corrected chi connectivity index (χ2v) is 5.78. The van der Waals surface area contributed by atoms with Gasteiger partial charge in [0.05, 0.1) is 0 Å². The SMILES string of the molecule is c1ccc2c(c1)CCN(CCC1CCNCC1)C2. The zero-order valence-corrected chi connectivity index (χ0v) is 11.2. The summed E-state index contributed by atoms with van der Waals surface area (Å²) in [6, 6.07) is 8.93. The van der Waals surface area contributed by atoms with E-state index in [0.29, 0.717) is 0 Å². The minimum absolute atomic E-state index is 0.962. The van der Waals surface area contributed by atoms with Gasteiger partial charge in [-0.2, -0.15) is 0 Å². The number of piperidine rings is 1. The fourth-order valence-corrected chi connectivity index (χ4v) is 3.28. The molecule has 0 amide bonds. The standard InChI is InChI=1S/C16H24N2/c1-2-4-16-13-18(12-8-15(16)3-1)11-7-14-5-9-17-10-6-14/h1-4,14,17H,5-13H2. The molecule has 0 radical (unpaired) electrons. The highest BCUT2D eigenvalue weighted by atomic mass is 15.1. The molecular weight excluding hydrogens is 220 g/mol. The Kier molecular flexibility index (Phi) is 3.96. The Labute approximate surface area is 110 Å². The third kappa shape index (κ3) is 2.93. The van der Waals surface area contributed by atoms with Crippen molar-refractivity contribution in [2.24, 2.45) is 5.92 Å². The maximum Gasteiger partial charge on any atom is 0.0236 e. The number of hydrogen-bond donors (Lipinski definition) is 1. The first-order chi connectivity index (χ1) is 8.92. The summed E-state index contributed by atoms with van der Waals surface area (Å²) in [5.41, 5.74) is 3.12. The van der Waals surface area contributed by atoms with Crippen LogP contribution in [0.2, 0.25) is 0 Å². The van der Waals surface area contributed by atoms with E-state index in [0.717, 1.165) is 5.92 Å². The second-order valence-electron chi connectivity index (χ2n) is 5.78. The van der Waals surface area contributed by atoms with Crippen LogP contribution in [0.5, 0.6) is 0 Å². The molecule has 3 rings (SSSR count). The minimum atomic E-state index is 0.962. The van der Waals surface area contributed by atoms with Crippen molar-refractivity contribution in [3.05, 3.63) is 35.4 Å². The molecule has 2 nitrogen and oxygen atoms in total. The average molecular weight is 244 g/mol. The van der Waals surface area contributed by atoms with Crippen molar-refractivity contribution < 1.29 is 0 Å². The van der Waals surface area contributed by atoms with Crippen LogP contribution >= 0.6 is 0 Å². The molecule has 0 bridgehead atoms. The van der Waals surface area contributed by atoms with Crippen LogP contribution in [-0.4, -0.2) is 31.1 Å². The lowest BCUT2D eigenvalue weighted by Gasteiger charge is -2.31. The Morgan fingerprint density at radius 3 is 2.72 bits per heavy atom. The van der Waals surface area contributed by atoms with E-state index in [1.54, 1.807) is 11.1 Å². The molecule has 2 heteroatoms. The van der Waals surface area contributed by atoms with Gasteiger partial charge < -0.3 is 5.32 Å². The van der Waals surface area contributed by atoms with Crippen molar-refractivity contribution in [3.8, 4) is 0 Å². The summed E-state index contributed by atoms with van der Waals surface area (Å²) in [7, 11) is 0. The number of nitrogens with zero attached hydrogens (tertiary/aromatic N) is 1. The lowest BCUT2D eigenvalue weighted by Crippen LogP contribution is -2.34. The summed E-state index contributed by atoms with van der Waals surface area (Å²) in [6.07, 6.45) is 5.39. The van der Waals surface area contributed by atoms with Crippen LogP contribution in [0.4, 0.5) is 0 Å². The van der Waals surface area contributed by atoms with E-state index in [-0.39, 0.29) is 0 Å². The van der Waals surface area contributed by atoms with E-state index in [1.807, 2.05) is 0 Å². The van der Waals surface area contributed by atoms with Crippen molar-refractivity contribution in [1.29, 1.82) is 0 Å². The molecule has 1 saturated heterocycles. The van der Waals surface area contributed by atoms with E-state index in [9.17, 15) is 0 Å². The number of nitrogens with one attached hydrogen (secondary N) is 1. The predicted molar refractivity (Wildman–Crippen MR) is 75.6 cm³/mol. The Morgan fingerprint density at radius 2 is 1.89 bits per heavy atom. The van der Waals surface area contributed by atoms with Crippen LogP contribution in [0.3, 0.4) is 0 Å². The van der Waals surface area contributed by atoms with Gasteiger partial charge in [-0.15, -0.1) is 0 Å². The Hall–Kier alpha value is -0.860. The number of benzene rings is 1. The van der Waals surface area contributed by atoms with Gasteiger partial charge in [-0.25, -0.2) is 0 Å². The second kappa shape index (κ2) is 5.85. The number of hydrogen-bond acceptors (Lipinski definition) is 2. The first kappa shape index (κ1) is 12.2. The maximum atomic E-state index is 3.45. The van der Waals surface area contributed by atoms with Crippen LogP contribution < -0.4 is 5.32 Å². The van der Waals surface area contributed by atoms with Gasteiger partial charge in [0.2, 0.25) is 0 Å². The summed E-state index contributed by atoms with van der Waals surface area (Å²) >= 11 is 0. The highest BCUT2D eigenvalue weighted by Crippen LogP contribution is 2.21. The normalized spacial score (nSPS) is 21.8. The smallest absolute Gasteiger partial charge is 0.0236 e. The van der Waals surface area contributed by atoms with E-state index >= 15 is 0 Å². The topological polar surface area (TPSA) is 15.3 Å². The zero-order chi connectivity index (χ0) is 12.2. The van der Waals surface area contributed by atoms with Gasteiger partial charge in [0.1, 0.15) is 0 Å². The largest absolute Gasteiger partial charge is 0.317 e. The number of rotatable bonds is 3. The minimum Gasteiger partial charge on any atom is -0.317 e. The molecule has 0 saturated carbocycles. The van der Waals surface area contributed by atoms with Gasteiger partial charge in [0.25, 0.3) is 0 Å². The molecule has 2 heterocycles. The molecule has 2 aliphatic rings. The van der Waals surface area contributed by atoms with E-state index in [2.05, 4.69) is 34.5 Å². The highest BCUT2D eigenvalue weighted by molar-refractivity contribution is 5.28. The molecule has 0 aliphatic carbocycles. The van der Waals surface area contributed by atoms with Crippen LogP contribution in [0.1, 0.15) is 30.4 Å². The third-order valence-electron chi connectivity index (χ3n) is 4.52. The molecule has 98 valence electrons. The Balaban J connectivity index is 1.50. The quantitative estimate of drug-likeness (QED) is 0.878. The average Bonchev–Trinajstić information content (AvgIpc) is 2.46. The van der Waals surface area contributed by atoms with Crippen LogP contribution in [0, 0.1) is 5.92 Å². The molecule has 0 unspecified atom stereocenters. The van der Waals surface area contributed by atoms with Gasteiger partial charge in [-0.05, 0) is 62.4 Å². The molecular formula is C16H24N2. The van der Waals surface area contributed by atoms with Gasteiger partial charge >= 0.3 is 0 Å². The summed E-state index contributed by atoms with van der Waals surface area (Å²) in [5.74, 6) is 0.962. The summed E-state index contributed by atoms with van der Waals surface area (Å²) < 4.78 is 0. The Morgan fingerprint density at radius 1 is 1.11 bits per heavy atom. The van der Waals surface area contributed by atoms with E-state index < -0.39 is 0 Å². The van der Waals surface area contributed by atoms with Crippen molar-refractivity contribution in [1.82, 2.24) is 10.2 Å². The van der Waals surface area contributed by atoms with Crippen molar-refractivity contribution in [2.45, 2.75) is 32.2 Å². The number of fused-ring (bicyclic) bond motifs is 1. The monoisotopic (exact) mass is 244 g/mol. The first-order valence-electron chi connectivity index (χ1n) is 7.41. The fourth-order valence-electron chi connectivity index (χ4n) is 3.28. The van der Waals surface area contributed by atoms with Crippen molar-refractivity contribution >= 4 is 0 Å². The van der Waals surface area contributed by atoms with Gasteiger partial charge in [-0.3, -0.25) is 4.90 Å². The lowest BCUT2D eigenvalue weighted by molar-refractivity contribution is 0.220. The Bertz CT molecular complexity index is 382. The maximum absolute atomic E-state index is 3.45. The molecule has 1 N–H and O–H groups in total. The highest BCUT2D eigenvalue weighted by Gasteiger charge is 2.18.